The number of nitrogens with zero attached hydrogens (tertiary/aromatic N) is 1. The molecule has 0 heterocycles. The number of benzene rings is 1. The Hall–Kier alpha value is -1.52. The predicted molar refractivity (Wildman–Crippen MR) is 56.3 cm³/mol. The van der Waals surface area contributed by atoms with Crippen molar-refractivity contribution in [3.63, 3.8) is 0 Å². The summed E-state index contributed by atoms with van der Waals surface area (Å²) in [5.74, 6) is -0.209. The summed E-state index contributed by atoms with van der Waals surface area (Å²) in [5.41, 5.74) is 1.39. The first kappa shape index (κ1) is 12.5. The van der Waals surface area contributed by atoms with Gasteiger partial charge in [-0.25, -0.2) is 0 Å². The van der Waals surface area contributed by atoms with Crippen molar-refractivity contribution in [2.75, 3.05) is 0 Å². The summed E-state index contributed by atoms with van der Waals surface area (Å²) in [4.78, 5) is 4.05. The Labute approximate surface area is 91.8 Å². The van der Waals surface area contributed by atoms with Crippen LogP contribution in [0.4, 0.5) is 18.9 Å². The van der Waals surface area contributed by atoms with Crippen molar-refractivity contribution < 1.29 is 17.9 Å². The highest BCUT2D eigenvalue weighted by Gasteiger charge is 2.31. The van der Waals surface area contributed by atoms with E-state index >= 15 is 0 Å². The molecule has 0 unspecified atom stereocenters. The van der Waals surface area contributed by atoms with E-state index in [4.69, 9.17) is 0 Å². The molecule has 0 atom stereocenters. The summed E-state index contributed by atoms with van der Waals surface area (Å²) in [6.45, 7) is 3.60. The number of hydrogen-bond acceptors (Lipinski definition) is 2. The molecule has 1 rings (SSSR count). The lowest BCUT2D eigenvalue weighted by molar-refractivity contribution is -0.274. The van der Waals surface area contributed by atoms with Gasteiger partial charge < -0.3 is 4.74 Å². The molecule has 0 N–H and O–H groups in total. The van der Waals surface area contributed by atoms with Gasteiger partial charge in [0.15, 0.2) is 0 Å². The molecule has 0 aromatic heterocycles. The number of halogens is 3. The smallest absolute Gasteiger partial charge is 0.406 e. The minimum Gasteiger partial charge on any atom is -0.406 e. The van der Waals surface area contributed by atoms with E-state index in [9.17, 15) is 13.2 Å². The number of aryl methyl sites for hydroxylation is 1. The molecule has 88 valence electrons. The van der Waals surface area contributed by atoms with Crippen LogP contribution < -0.4 is 4.74 Å². The molecule has 0 saturated carbocycles. The Balaban J connectivity index is 2.99. The quantitative estimate of drug-likeness (QED) is 0.723. The SMILES string of the molecule is CC=Nc1ccc(OC(F)(F)F)cc1CC. The maximum atomic E-state index is 12.0. The second-order valence-corrected chi connectivity index (χ2v) is 3.08. The minimum absolute atomic E-state index is 0.209. The van der Waals surface area contributed by atoms with E-state index in [2.05, 4.69) is 9.73 Å². The van der Waals surface area contributed by atoms with Crippen molar-refractivity contribution in [3.05, 3.63) is 23.8 Å². The largest absolute Gasteiger partial charge is 0.573 e. The molecule has 1 aromatic rings. The molecule has 0 aliphatic rings. The lowest BCUT2D eigenvalue weighted by Gasteiger charge is -2.10. The van der Waals surface area contributed by atoms with Crippen LogP contribution in [0.3, 0.4) is 0 Å². The van der Waals surface area contributed by atoms with E-state index in [1.165, 1.54) is 18.2 Å². The highest BCUT2D eigenvalue weighted by Crippen LogP contribution is 2.28. The summed E-state index contributed by atoms with van der Waals surface area (Å²) in [6.07, 6.45) is -2.46. The van der Waals surface area contributed by atoms with Crippen LogP contribution in [0, 0.1) is 0 Å². The van der Waals surface area contributed by atoms with Crippen molar-refractivity contribution in [2.24, 2.45) is 4.99 Å². The fraction of sp³-hybridized carbons (Fsp3) is 0.364. The van der Waals surface area contributed by atoms with Gasteiger partial charge in [0.1, 0.15) is 5.75 Å². The van der Waals surface area contributed by atoms with Crippen LogP contribution in [0.25, 0.3) is 0 Å². The van der Waals surface area contributed by atoms with E-state index in [-0.39, 0.29) is 5.75 Å². The standard InChI is InChI=1S/C11H12F3NO/c1-3-8-7-9(16-11(12,13)14)5-6-10(8)15-4-2/h4-7H,3H2,1-2H3. The zero-order valence-corrected chi connectivity index (χ0v) is 9.01. The Bertz CT molecular complexity index is 385. The van der Waals surface area contributed by atoms with Crippen molar-refractivity contribution in [1.29, 1.82) is 0 Å². The normalized spacial score (nSPS) is 12.1. The van der Waals surface area contributed by atoms with Crippen LogP contribution in [0.5, 0.6) is 5.75 Å². The van der Waals surface area contributed by atoms with E-state index in [0.29, 0.717) is 12.1 Å². The second-order valence-electron chi connectivity index (χ2n) is 3.08. The first-order valence-corrected chi connectivity index (χ1v) is 4.83. The number of hydrogen-bond donors (Lipinski definition) is 0. The van der Waals surface area contributed by atoms with Gasteiger partial charge in [0.05, 0.1) is 5.69 Å². The highest BCUT2D eigenvalue weighted by molar-refractivity contribution is 5.63. The van der Waals surface area contributed by atoms with Crippen LogP contribution >= 0.6 is 0 Å². The molecule has 16 heavy (non-hydrogen) atoms. The summed E-state index contributed by atoms with van der Waals surface area (Å²) in [6, 6.07) is 4.13. The third-order valence-electron chi connectivity index (χ3n) is 1.93. The molecule has 5 heteroatoms. The monoisotopic (exact) mass is 231 g/mol. The molecular formula is C11H12F3NO. The zero-order chi connectivity index (χ0) is 12.2. The van der Waals surface area contributed by atoms with Gasteiger partial charge in [-0.15, -0.1) is 13.2 Å². The first-order chi connectivity index (χ1) is 7.46. The van der Waals surface area contributed by atoms with Gasteiger partial charge in [0, 0.05) is 6.21 Å². The molecule has 0 amide bonds. The molecule has 2 nitrogen and oxygen atoms in total. The highest BCUT2D eigenvalue weighted by atomic mass is 19.4. The van der Waals surface area contributed by atoms with Gasteiger partial charge in [-0.1, -0.05) is 6.92 Å². The van der Waals surface area contributed by atoms with Crippen molar-refractivity contribution in [2.45, 2.75) is 26.6 Å². The van der Waals surface area contributed by atoms with E-state index in [1.807, 2.05) is 6.92 Å². The Morgan fingerprint density at radius 1 is 1.38 bits per heavy atom. The predicted octanol–water partition coefficient (Wildman–Crippen LogP) is 3.87. The molecule has 0 spiro atoms. The van der Waals surface area contributed by atoms with E-state index in [0.717, 1.165) is 5.56 Å². The molecule has 0 fully saturated rings. The molecule has 0 radical (unpaired) electrons. The average Bonchev–Trinajstić information content (AvgIpc) is 2.18. The van der Waals surface area contributed by atoms with Gasteiger partial charge in [-0.05, 0) is 37.1 Å². The van der Waals surface area contributed by atoms with Crippen LogP contribution in [0.1, 0.15) is 19.4 Å². The zero-order valence-electron chi connectivity index (χ0n) is 9.01. The Morgan fingerprint density at radius 3 is 2.56 bits per heavy atom. The average molecular weight is 231 g/mol. The summed E-state index contributed by atoms with van der Waals surface area (Å²) in [5, 5.41) is 0. The lowest BCUT2D eigenvalue weighted by Crippen LogP contribution is -2.17. The number of rotatable bonds is 3. The van der Waals surface area contributed by atoms with Crippen LogP contribution in [0.15, 0.2) is 23.2 Å². The minimum atomic E-state index is -4.65. The molecule has 0 saturated heterocycles. The van der Waals surface area contributed by atoms with Crippen molar-refractivity contribution >= 4 is 11.9 Å². The van der Waals surface area contributed by atoms with Gasteiger partial charge in [-0.3, -0.25) is 4.99 Å². The maximum Gasteiger partial charge on any atom is 0.573 e. The summed E-state index contributed by atoms with van der Waals surface area (Å²) >= 11 is 0. The fourth-order valence-corrected chi connectivity index (χ4v) is 1.31. The van der Waals surface area contributed by atoms with Gasteiger partial charge >= 0.3 is 6.36 Å². The molecule has 0 aliphatic carbocycles. The summed E-state index contributed by atoms with van der Waals surface area (Å²) in [7, 11) is 0. The topological polar surface area (TPSA) is 21.6 Å². The van der Waals surface area contributed by atoms with Gasteiger partial charge in [-0.2, -0.15) is 0 Å². The summed E-state index contributed by atoms with van der Waals surface area (Å²) < 4.78 is 39.7. The lowest BCUT2D eigenvalue weighted by atomic mass is 10.1. The molecular weight excluding hydrogens is 219 g/mol. The van der Waals surface area contributed by atoms with Gasteiger partial charge in [0.25, 0.3) is 0 Å². The molecule has 0 aliphatic heterocycles. The molecule has 0 bridgehead atoms. The number of aliphatic imine (C=N–C) groups is 1. The second kappa shape index (κ2) is 5.01. The van der Waals surface area contributed by atoms with Gasteiger partial charge in [0.2, 0.25) is 0 Å². The van der Waals surface area contributed by atoms with Crippen LogP contribution in [-0.4, -0.2) is 12.6 Å². The van der Waals surface area contributed by atoms with Crippen molar-refractivity contribution in [3.8, 4) is 5.75 Å². The van der Waals surface area contributed by atoms with E-state index in [1.54, 1.807) is 13.1 Å². The number of alkyl halides is 3. The Morgan fingerprint density at radius 2 is 2.06 bits per heavy atom. The van der Waals surface area contributed by atoms with Crippen LogP contribution in [-0.2, 0) is 6.42 Å². The maximum absolute atomic E-state index is 12.0. The first-order valence-electron chi connectivity index (χ1n) is 4.83. The Kier molecular flexibility index (Phi) is 3.93. The number of ether oxygens (including phenoxy) is 1. The fourth-order valence-electron chi connectivity index (χ4n) is 1.31. The van der Waals surface area contributed by atoms with Crippen LogP contribution in [0.2, 0.25) is 0 Å². The third-order valence-corrected chi connectivity index (χ3v) is 1.93. The van der Waals surface area contributed by atoms with E-state index < -0.39 is 6.36 Å². The molecule has 1 aromatic carbocycles. The third kappa shape index (κ3) is 3.56. The van der Waals surface area contributed by atoms with Crippen molar-refractivity contribution in [1.82, 2.24) is 0 Å².